The molecule has 1 amide bonds. The minimum Gasteiger partial charge on any atom is -0.351 e. The van der Waals surface area contributed by atoms with Gasteiger partial charge in [-0.05, 0) is 33.6 Å². The summed E-state index contributed by atoms with van der Waals surface area (Å²) >= 11 is 1.45. The summed E-state index contributed by atoms with van der Waals surface area (Å²) in [6.07, 6.45) is 8.09. The zero-order valence-electron chi connectivity index (χ0n) is 14.5. The van der Waals surface area contributed by atoms with Gasteiger partial charge in [0.15, 0.2) is 5.16 Å². The van der Waals surface area contributed by atoms with E-state index in [0.29, 0.717) is 18.2 Å². The van der Waals surface area contributed by atoms with E-state index in [1.165, 1.54) is 43.9 Å². The van der Waals surface area contributed by atoms with Crippen LogP contribution in [0.25, 0.3) is 0 Å². The molecule has 0 saturated heterocycles. The molecule has 1 aromatic rings. The Bertz CT molecular complexity index is 541. The molecule has 0 unspecified atom stereocenters. The van der Waals surface area contributed by atoms with Gasteiger partial charge in [0.05, 0.1) is 5.75 Å². The van der Waals surface area contributed by atoms with Crippen LogP contribution in [0.1, 0.15) is 64.6 Å². The molecular weight excluding hydrogens is 308 g/mol. The first-order valence-electron chi connectivity index (χ1n) is 8.38. The van der Waals surface area contributed by atoms with E-state index < -0.39 is 0 Å². The highest BCUT2D eigenvalue weighted by molar-refractivity contribution is 7.99. The highest BCUT2D eigenvalue weighted by Crippen LogP contribution is 2.33. The van der Waals surface area contributed by atoms with Crippen molar-refractivity contribution < 1.29 is 4.79 Å². The molecular formula is C17H28N4OS. The smallest absolute Gasteiger partial charge is 0.230 e. The van der Waals surface area contributed by atoms with E-state index in [9.17, 15) is 4.79 Å². The number of thioether (sulfide) groups is 1. The molecule has 1 aliphatic rings. The van der Waals surface area contributed by atoms with E-state index in [2.05, 4.69) is 26.7 Å². The Morgan fingerprint density at radius 3 is 2.65 bits per heavy atom. The first-order valence-corrected chi connectivity index (χ1v) is 9.37. The maximum Gasteiger partial charge on any atom is 0.230 e. The Morgan fingerprint density at radius 2 is 2.04 bits per heavy atom. The summed E-state index contributed by atoms with van der Waals surface area (Å²) in [7, 11) is 0. The van der Waals surface area contributed by atoms with E-state index >= 15 is 0 Å². The second-order valence-electron chi connectivity index (χ2n) is 7.16. The molecule has 1 aromatic heterocycles. The van der Waals surface area contributed by atoms with Crippen LogP contribution in [-0.4, -0.2) is 32.0 Å². The average Bonchev–Trinajstić information content (AvgIpc) is 2.88. The highest BCUT2D eigenvalue weighted by Gasteiger charge is 2.23. The average molecular weight is 337 g/mol. The number of rotatable bonds is 6. The Balaban J connectivity index is 2.05. The standard InChI is InChI=1S/C17H28N4OS/c1-5-11-21-15(13-9-7-6-8-10-13)19-20-16(21)23-12-14(22)18-17(2,3)4/h5,13H,1,6-12H2,2-4H3,(H,18,22). The van der Waals surface area contributed by atoms with E-state index in [1.807, 2.05) is 26.8 Å². The Morgan fingerprint density at radius 1 is 1.35 bits per heavy atom. The van der Waals surface area contributed by atoms with E-state index in [4.69, 9.17) is 0 Å². The number of nitrogens with zero attached hydrogens (tertiary/aromatic N) is 3. The fourth-order valence-corrected chi connectivity index (χ4v) is 3.71. The molecule has 0 bridgehead atoms. The largest absolute Gasteiger partial charge is 0.351 e. The van der Waals surface area contributed by atoms with Gasteiger partial charge in [-0.25, -0.2) is 0 Å². The van der Waals surface area contributed by atoms with Gasteiger partial charge in [-0.2, -0.15) is 0 Å². The summed E-state index contributed by atoms with van der Waals surface area (Å²) in [5.41, 5.74) is -0.209. The van der Waals surface area contributed by atoms with Gasteiger partial charge in [-0.1, -0.05) is 37.1 Å². The number of hydrogen-bond acceptors (Lipinski definition) is 4. The van der Waals surface area contributed by atoms with Crippen LogP contribution >= 0.6 is 11.8 Å². The van der Waals surface area contributed by atoms with Gasteiger partial charge in [0.25, 0.3) is 0 Å². The molecule has 2 rings (SSSR count). The van der Waals surface area contributed by atoms with Gasteiger partial charge in [0.1, 0.15) is 5.82 Å². The first-order chi connectivity index (χ1) is 10.9. The lowest BCUT2D eigenvalue weighted by molar-refractivity contribution is -0.119. The van der Waals surface area contributed by atoms with Crippen molar-refractivity contribution in [2.75, 3.05) is 5.75 Å². The maximum atomic E-state index is 12.0. The lowest BCUT2D eigenvalue weighted by Gasteiger charge is -2.22. The predicted molar refractivity (Wildman–Crippen MR) is 94.7 cm³/mol. The van der Waals surface area contributed by atoms with Crippen molar-refractivity contribution in [3.8, 4) is 0 Å². The molecule has 0 aliphatic heterocycles. The zero-order valence-corrected chi connectivity index (χ0v) is 15.3. The normalized spacial score (nSPS) is 16.3. The van der Waals surface area contributed by atoms with E-state index in [0.717, 1.165) is 11.0 Å². The maximum absolute atomic E-state index is 12.0. The van der Waals surface area contributed by atoms with Crippen LogP contribution in [0, 0.1) is 0 Å². The lowest BCUT2D eigenvalue weighted by atomic mass is 9.89. The van der Waals surface area contributed by atoms with Gasteiger partial charge >= 0.3 is 0 Å². The molecule has 0 aromatic carbocycles. The Hall–Kier alpha value is -1.30. The molecule has 0 spiro atoms. The monoisotopic (exact) mass is 336 g/mol. The van der Waals surface area contributed by atoms with Crippen molar-refractivity contribution >= 4 is 17.7 Å². The van der Waals surface area contributed by atoms with Crippen molar-refractivity contribution in [1.29, 1.82) is 0 Å². The van der Waals surface area contributed by atoms with Crippen LogP contribution in [0.5, 0.6) is 0 Å². The summed E-state index contributed by atoms with van der Waals surface area (Å²) in [5, 5.41) is 12.5. The third-order valence-electron chi connectivity index (χ3n) is 3.87. The number of nitrogens with one attached hydrogen (secondary N) is 1. The summed E-state index contributed by atoms with van der Waals surface area (Å²) in [6.45, 7) is 10.5. The minimum absolute atomic E-state index is 0.0230. The molecule has 23 heavy (non-hydrogen) atoms. The molecule has 1 heterocycles. The predicted octanol–water partition coefficient (Wildman–Crippen LogP) is 3.52. The molecule has 0 atom stereocenters. The van der Waals surface area contributed by atoms with Crippen LogP contribution in [0.2, 0.25) is 0 Å². The van der Waals surface area contributed by atoms with Gasteiger partial charge in [-0.3, -0.25) is 4.79 Å². The fraction of sp³-hybridized carbons (Fsp3) is 0.706. The van der Waals surface area contributed by atoms with E-state index in [-0.39, 0.29) is 11.4 Å². The minimum atomic E-state index is -0.209. The summed E-state index contributed by atoms with van der Waals surface area (Å²) < 4.78 is 2.12. The van der Waals surface area contributed by atoms with Crippen molar-refractivity contribution in [2.24, 2.45) is 0 Å². The van der Waals surface area contributed by atoms with Gasteiger partial charge in [0, 0.05) is 18.0 Å². The molecule has 1 saturated carbocycles. The molecule has 0 radical (unpaired) electrons. The lowest BCUT2D eigenvalue weighted by Crippen LogP contribution is -2.41. The number of allylic oxidation sites excluding steroid dienone is 1. The van der Waals surface area contributed by atoms with Crippen molar-refractivity contribution in [3.63, 3.8) is 0 Å². The van der Waals surface area contributed by atoms with Gasteiger partial charge in [0.2, 0.25) is 5.91 Å². The Kier molecular flexibility index (Phi) is 6.27. The quantitative estimate of drug-likeness (QED) is 0.638. The van der Waals surface area contributed by atoms with Crippen molar-refractivity contribution in [2.45, 2.75) is 76.0 Å². The zero-order chi connectivity index (χ0) is 16.9. The van der Waals surface area contributed by atoms with E-state index in [1.54, 1.807) is 0 Å². The number of amides is 1. The molecule has 5 nitrogen and oxygen atoms in total. The number of hydrogen-bond donors (Lipinski definition) is 1. The van der Waals surface area contributed by atoms with Gasteiger partial charge < -0.3 is 9.88 Å². The SMILES string of the molecule is C=CCn1c(SCC(=O)NC(C)(C)C)nnc1C1CCCCC1. The molecule has 1 fully saturated rings. The van der Waals surface area contributed by atoms with Crippen molar-refractivity contribution in [1.82, 2.24) is 20.1 Å². The molecule has 1 N–H and O–H groups in total. The number of carbonyl (C=O) groups is 1. The van der Waals surface area contributed by atoms with Crippen LogP contribution in [-0.2, 0) is 11.3 Å². The summed E-state index contributed by atoms with van der Waals surface area (Å²) in [5.74, 6) is 1.93. The molecule has 1 aliphatic carbocycles. The van der Waals surface area contributed by atoms with Gasteiger partial charge in [-0.15, -0.1) is 16.8 Å². The summed E-state index contributed by atoms with van der Waals surface area (Å²) in [4.78, 5) is 12.0. The third-order valence-corrected chi connectivity index (χ3v) is 4.84. The third kappa shape index (κ3) is 5.37. The topological polar surface area (TPSA) is 59.8 Å². The number of carbonyl (C=O) groups excluding carboxylic acids is 1. The molecule has 6 heteroatoms. The van der Waals surface area contributed by atoms with Crippen LogP contribution in [0.15, 0.2) is 17.8 Å². The van der Waals surface area contributed by atoms with Crippen LogP contribution < -0.4 is 5.32 Å². The van der Waals surface area contributed by atoms with Crippen LogP contribution in [0.3, 0.4) is 0 Å². The fourth-order valence-electron chi connectivity index (χ4n) is 2.95. The first kappa shape index (κ1) is 18.0. The number of aromatic nitrogens is 3. The Labute approximate surface area is 143 Å². The molecule has 128 valence electrons. The van der Waals surface area contributed by atoms with Crippen LogP contribution in [0.4, 0.5) is 0 Å². The second-order valence-corrected chi connectivity index (χ2v) is 8.10. The highest BCUT2D eigenvalue weighted by atomic mass is 32.2. The van der Waals surface area contributed by atoms with Crippen molar-refractivity contribution in [3.05, 3.63) is 18.5 Å². The second kappa shape index (κ2) is 7.99. The summed E-state index contributed by atoms with van der Waals surface area (Å²) in [6, 6.07) is 0.